The van der Waals surface area contributed by atoms with Gasteiger partial charge in [0, 0.05) is 49.0 Å². The van der Waals surface area contributed by atoms with Gasteiger partial charge in [0.15, 0.2) is 0 Å². The molecule has 0 radical (unpaired) electrons. The average molecular weight is 448 g/mol. The Bertz CT molecular complexity index is 1050. The lowest BCUT2D eigenvalue weighted by Gasteiger charge is -2.32. The van der Waals surface area contributed by atoms with Gasteiger partial charge in [0.2, 0.25) is 5.95 Å². The average Bonchev–Trinajstić information content (AvgIpc) is 3.65. The number of ether oxygens (including phenoxy) is 1. The zero-order chi connectivity index (χ0) is 22.6. The van der Waals surface area contributed by atoms with Crippen LogP contribution in [0.4, 0.5) is 10.3 Å². The Hall–Kier alpha value is -2.93. The molecule has 0 bridgehead atoms. The molecule has 3 heterocycles. The summed E-state index contributed by atoms with van der Waals surface area (Å²) in [5, 5.41) is 0. The van der Waals surface area contributed by atoms with Gasteiger partial charge in [-0.1, -0.05) is 19.1 Å². The fourth-order valence-corrected chi connectivity index (χ4v) is 4.87. The summed E-state index contributed by atoms with van der Waals surface area (Å²) in [6.07, 6.45) is 13.3. The van der Waals surface area contributed by atoms with Crippen molar-refractivity contribution in [3.8, 4) is 11.1 Å². The Balaban J connectivity index is 1.06. The van der Waals surface area contributed by atoms with Crippen LogP contribution in [0.3, 0.4) is 0 Å². The van der Waals surface area contributed by atoms with Crippen LogP contribution in [0.25, 0.3) is 11.1 Å². The van der Waals surface area contributed by atoms with E-state index in [1.165, 1.54) is 37.2 Å². The molecule has 7 heteroatoms. The molecule has 2 aliphatic rings. The first-order valence-electron chi connectivity index (χ1n) is 11.9. The summed E-state index contributed by atoms with van der Waals surface area (Å²) in [7, 11) is 0. The quantitative estimate of drug-likeness (QED) is 0.499. The van der Waals surface area contributed by atoms with Crippen LogP contribution in [0.1, 0.15) is 37.3 Å². The van der Waals surface area contributed by atoms with Crippen molar-refractivity contribution in [3.05, 3.63) is 66.3 Å². The summed E-state index contributed by atoms with van der Waals surface area (Å²) in [4.78, 5) is 19.4. The standard InChI is InChI=1S/C26H30FN5O/c1-2-18-11-30-26(31-12-18)32-7-5-19(6-8-32)24-9-22(24)16-33-15-21-4-3-20(10-25(21)27)23-13-28-17-29-14-23/h3-4,10-14,17,19,22,24H,2,5-9,15-16H2,1H3/t22-,24+/m0/s1. The van der Waals surface area contributed by atoms with Gasteiger partial charge in [0.1, 0.15) is 12.1 Å². The summed E-state index contributed by atoms with van der Waals surface area (Å²) in [6, 6.07) is 5.23. The molecule has 172 valence electrons. The van der Waals surface area contributed by atoms with Gasteiger partial charge in [-0.2, -0.15) is 0 Å². The summed E-state index contributed by atoms with van der Waals surface area (Å²) in [5.74, 6) is 2.69. The molecule has 1 saturated carbocycles. The topological polar surface area (TPSA) is 64.0 Å². The van der Waals surface area contributed by atoms with Gasteiger partial charge in [0.25, 0.3) is 0 Å². The second-order valence-electron chi connectivity index (χ2n) is 9.18. The number of aromatic nitrogens is 4. The first kappa shape index (κ1) is 21.9. The van der Waals surface area contributed by atoms with E-state index >= 15 is 0 Å². The normalized spacial score (nSPS) is 20.7. The zero-order valence-corrected chi connectivity index (χ0v) is 19.0. The van der Waals surface area contributed by atoms with Crippen LogP contribution in [-0.4, -0.2) is 39.6 Å². The van der Waals surface area contributed by atoms with Gasteiger partial charge in [-0.25, -0.2) is 24.3 Å². The van der Waals surface area contributed by atoms with Crippen LogP contribution in [0, 0.1) is 23.6 Å². The molecule has 0 unspecified atom stereocenters. The van der Waals surface area contributed by atoms with Gasteiger partial charge < -0.3 is 9.64 Å². The van der Waals surface area contributed by atoms with Crippen molar-refractivity contribution < 1.29 is 9.13 Å². The lowest BCUT2D eigenvalue weighted by molar-refractivity contribution is 0.102. The van der Waals surface area contributed by atoms with E-state index in [0.29, 0.717) is 24.7 Å². The second-order valence-corrected chi connectivity index (χ2v) is 9.18. The monoisotopic (exact) mass is 447 g/mol. The third-order valence-electron chi connectivity index (χ3n) is 7.04. The molecule has 33 heavy (non-hydrogen) atoms. The molecule has 2 fully saturated rings. The highest BCUT2D eigenvalue weighted by molar-refractivity contribution is 5.61. The highest BCUT2D eigenvalue weighted by Crippen LogP contribution is 2.48. The number of hydrogen-bond donors (Lipinski definition) is 0. The van der Waals surface area contributed by atoms with E-state index in [9.17, 15) is 4.39 Å². The Morgan fingerprint density at radius 3 is 2.48 bits per heavy atom. The van der Waals surface area contributed by atoms with Gasteiger partial charge in [-0.05, 0) is 60.6 Å². The van der Waals surface area contributed by atoms with E-state index < -0.39 is 0 Å². The van der Waals surface area contributed by atoms with E-state index in [-0.39, 0.29) is 5.82 Å². The minimum absolute atomic E-state index is 0.245. The number of hydrogen-bond acceptors (Lipinski definition) is 6. The molecule has 0 N–H and O–H groups in total. The maximum atomic E-state index is 14.5. The van der Waals surface area contributed by atoms with E-state index in [0.717, 1.165) is 48.4 Å². The molecule has 5 rings (SSSR count). The van der Waals surface area contributed by atoms with Crippen molar-refractivity contribution in [2.45, 2.75) is 39.2 Å². The van der Waals surface area contributed by atoms with Crippen molar-refractivity contribution >= 4 is 5.95 Å². The fourth-order valence-electron chi connectivity index (χ4n) is 4.87. The molecule has 3 aromatic rings. The van der Waals surface area contributed by atoms with Crippen molar-refractivity contribution in [3.63, 3.8) is 0 Å². The van der Waals surface area contributed by atoms with Crippen LogP contribution < -0.4 is 4.90 Å². The molecular formula is C26H30FN5O. The van der Waals surface area contributed by atoms with Crippen LogP contribution >= 0.6 is 0 Å². The van der Waals surface area contributed by atoms with Crippen LogP contribution in [0.15, 0.2) is 49.3 Å². The lowest BCUT2D eigenvalue weighted by atomic mass is 9.91. The summed E-state index contributed by atoms with van der Waals surface area (Å²) >= 11 is 0. The highest BCUT2D eigenvalue weighted by Gasteiger charge is 2.43. The van der Waals surface area contributed by atoms with E-state index in [1.54, 1.807) is 18.5 Å². The van der Waals surface area contributed by atoms with E-state index in [1.807, 2.05) is 18.5 Å². The molecule has 1 aliphatic carbocycles. The molecule has 0 amide bonds. The summed E-state index contributed by atoms with van der Waals surface area (Å²) < 4.78 is 20.4. The molecule has 2 aromatic heterocycles. The maximum Gasteiger partial charge on any atom is 0.225 e. The third-order valence-corrected chi connectivity index (χ3v) is 7.04. The molecule has 0 spiro atoms. The predicted molar refractivity (Wildman–Crippen MR) is 125 cm³/mol. The Kier molecular flexibility index (Phi) is 6.58. The van der Waals surface area contributed by atoms with Crippen LogP contribution in [0.2, 0.25) is 0 Å². The largest absolute Gasteiger partial charge is 0.376 e. The van der Waals surface area contributed by atoms with Gasteiger partial charge in [-0.3, -0.25) is 0 Å². The lowest BCUT2D eigenvalue weighted by Crippen LogP contribution is -2.35. The number of benzene rings is 1. The number of halogens is 1. The molecule has 1 aliphatic heterocycles. The fraction of sp³-hybridized carbons (Fsp3) is 0.462. The van der Waals surface area contributed by atoms with Gasteiger partial charge in [-0.15, -0.1) is 0 Å². The zero-order valence-electron chi connectivity index (χ0n) is 19.0. The van der Waals surface area contributed by atoms with E-state index in [4.69, 9.17) is 4.74 Å². The second kappa shape index (κ2) is 9.91. The molecular weight excluding hydrogens is 417 g/mol. The predicted octanol–water partition coefficient (Wildman–Crippen LogP) is 4.70. The Morgan fingerprint density at radius 1 is 1.03 bits per heavy atom. The smallest absolute Gasteiger partial charge is 0.225 e. The molecule has 6 nitrogen and oxygen atoms in total. The summed E-state index contributed by atoms with van der Waals surface area (Å²) in [6.45, 7) is 5.17. The van der Waals surface area contributed by atoms with Crippen LogP contribution in [-0.2, 0) is 17.8 Å². The number of aryl methyl sites for hydroxylation is 1. The molecule has 1 saturated heterocycles. The first-order valence-corrected chi connectivity index (χ1v) is 11.9. The number of anilines is 1. The number of piperidine rings is 1. The van der Waals surface area contributed by atoms with Crippen molar-refractivity contribution in [1.82, 2.24) is 19.9 Å². The first-order chi connectivity index (χ1) is 16.2. The highest BCUT2D eigenvalue weighted by atomic mass is 19.1. The number of rotatable bonds is 8. The minimum Gasteiger partial charge on any atom is -0.376 e. The summed E-state index contributed by atoms with van der Waals surface area (Å²) in [5.41, 5.74) is 3.35. The van der Waals surface area contributed by atoms with Crippen molar-refractivity contribution in [1.29, 1.82) is 0 Å². The molecule has 1 aromatic carbocycles. The Labute approximate surface area is 194 Å². The maximum absolute atomic E-state index is 14.5. The third kappa shape index (κ3) is 5.19. The van der Waals surface area contributed by atoms with E-state index in [2.05, 4.69) is 31.8 Å². The molecule has 2 atom stereocenters. The van der Waals surface area contributed by atoms with Gasteiger partial charge in [0.05, 0.1) is 13.2 Å². The SMILES string of the molecule is CCc1cnc(N2CCC([C@H]3C[C@H]3COCc3ccc(-c4cncnc4)cc3F)CC2)nc1. The minimum atomic E-state index is -0.245. The Morgan fingerprint density at radius 2 is 1.79 bits per heavy atom. The van der Waals surface area contributed by atoms with Crippen molar-refractivity contribution in [2.24, 2.45) is 17.8 Å². The van der Waals surface area contributed by atoms with Crippen molar-refractivity contribution in [2.75, 3.05) is 24.6 Å². The van der Waals surface area contributed by atoms with Crippen LogP contribution in [0.5, 0.6) is 0 Å². The number of nitrogens with zero attached hydrogens (tertiary/aromatic N) is 5. The van der Waals surface area contributed by atoms with Gasteiger partial charge >= 0.3 is 0 Å².